The molecule has 0 bridgehead atoms. The van der Waals surface area contributed by atoms with Gasteiger partial charge in [0.15, 0.2) is 11.5 Å². The third kappa shape index (κ3) is 2.97. The van der Waals surface area contributed by atoms with E-state index in [1.54, 1.807) is 36.3 Å². The topological polar surface area (TPSA) is 51.7 Å². The summed E-state index contributed by atoms with van der Waals surface area (Å²) in [4.78, 5) is 18.3. The minimum atomic E-state index is -0.0716. The molecular formula is C16H16N2O3. The summed E-state index contributed by atoms with van der Waals surface area (Å²) in [6.45, 7) is 1.52. The maximum absolute atomic E-state index is 12.4. The first-order chi connectivity index (χ1) is 10.2. The molecule has 2 heterocycles. The Balaban J connectivity index is 1.75. The van der Waals surface area contributed by atoms with Gasteiger partial charge in [-0.25, -0.2) is 0 Å². The number of pyridine rings is 1. The standard InChI is InChI=1S/C16H16N2O3/c1-18(11-13-4-2-3-7-17-13)16(19)12-5-6-14-15(10-12)21-9-8-20-14/h2-7,10H,8-9,11H2,1H3. The van der Waals surface area contributed by atoms with Gasteiger partial charge in [0.2, 0.25) is 0 Å². The number of carbonyl (C=O) groups excluding carboxylic acids is 1. The molecule has 1 aliphatic rings. The molecule has 3 rings (SSSR count). The lowest BCUT2D eigenvalue weighted by Crippen LogP contribution is -2.27. The van der Waals surface area contributed by atoms with Crippen LogP contribution in [0.4, 0.5) is 0 Å². The van der Waals surface area contributed by atoms with Crippen LogP contribution in [0.25, 0.3) is 0 Å². The highest BCUT2D eigenvalue weighted by Crippen LogP contribution is 2.31. The van der Waals surface area contributed by atoms with Crippen LogP contribution in [0.5, 0.6) is 11.5 Å². The Hall–Kier alpha value is -2.56. The molecule has 0 saturated heterocycles. The fourth-order valence-corrected chi connectivity index (χ4v) is 2.20. The first-order valence-electron chi connectivity index (χ1n) is 6.79. The van der Waals surface area contributed by atoms with Crippen LogP contribution < -0.4 is 9.47 Å². The van der Waals surface area contributed by atoms with E-state index in [4.69, 9.17) is 9.47 Å². The molecule has 0 saturated carbocycles. The van der Waals surface area contributed by atoms with E-state index in [1.807, 2.05) is 18.2 Å². The zero-order valence-corrected chi connectivity index (χ0v) is 11.8. The molecule has 0 unspecified atom stereocenters. The third-order valence-corrected chi connectivity index (χ3v) is 3.26. The van der Waals surface area contributed by atoms with Crippen molar-refractivity contribution >= 4 is 5.91 Å². The average Bonchev–Trinajstić information content (AvgIpc) is 2.54. The SMILES string of the molecule is CN(Cc1ccccn1)C(=O)c1ccc2c(c1)OCCO2. The summed E-state index contributed by atoms with van der Waals surface area (Å²) in [6, 6.07) is 10.9. The highest BCUT2D eigenvalue weighted by atomic mass is 16.6. The average molecular weight is 284 g/mol. The van der Waals surface area contributed by atoms with Crippen LogP contribution in [0.1, 0.15) is 16.1 Å². The van der Waals surface area contributed by atoms with E-state index in [0.29, 0.717) is 36.8 Å². The van der Waals surface area contributed by atoms with Gasteiger partial charge in [-0.2, -0.15) is 0 Å². The lowest BCUT2D eigenvalue weighted by atomic mass is 10.1. The second-order valence-electron chi connectivity index (χ2n) is 4.84. The number of hydrogen-bond donors (Lipinski definition) is 0. The Morgan fingerprint density at radius 1 is 1.19 bits per heavy atom. The van der Waals surface area contributed by atoms with E-state index in [0.717, 1.165) is 5.69 Å². The van der Waals surface area contributed by atoms with Gasteiger partial charge in [0.1, 0.15) is 13.2 Å². The smallest absolute Gasteiger partial charge is 0.254 e. The molecule has 1 aromatic carbocycles. The maximum Gasteiger partial charge on any atom is 0.254 e. The van der Waals surface area contributed by atoms with Gasteiger partial charge < -0.3 is 14.4 Å². The second-order valence-corrected chi connectivity index (χ2v) is 4.84. The van der Waals surface area contributed by atoms with Gasteiger partial charge in [0.25, 0.3) is 5.91 Å². The number of rotatable bonds is 3. The van der Waals surface area contributed by atoms with Crippen molar-refractivity contribution in [2.24, 2.45) is 0 Å². The monoisotopic (exact) mass is 284 g/mol. The number of aromatic nitrogens is 1. The molecule has 21 heavy (non-hydrogen) atoms. The number of nitrogens with zero attached hydrogens (tertiary/aromatic N) is 2. The van der Waals surface area contributed by atoms with Crippen molar-refractivity contribution in [1.82, 2.24) is 9.88 Å². The molecule has 108 valence electrons. The lowest BCUT2D eigenvalue weighted by Gasteiger charge is -2.20. The van der Waals surface area contributed by atoms with Gasteiger partial charge >= 0.3 is 0 Å². The summed E-state index contributed by atoms with van der Waals surface area (Å²) in [5.74, 6) is 1.24. The molecule has 0 N–H and O–H groups in total. The second kappa shape index (κ2) is 5.83. The minimum absolute atomic E-state index is 0.0716. The Morgan fingerprint density at radius 2 is 2.00 bits per heavy atom. The summed E-state index contributed by atoms with van der Waals surface area (Å²) in [5.41, 5.74) is 1.43. The highest BCUT2D eigenvalue weighted by molar-refractivity contribution is 5.94. The van der Waals surface area contributed by atoms with E-state index >= 15 is 0 Å². The number of carbonyl (C=O) groups is 1. The molecule has 5 heteroatoms. The summed E-state index contributed by atoms with van der Waals surface area (Å²) in [6.07, 6.45) is 1.72. The maximum atomic E-state index is 12.4. The number of fused-ring (bicyclic) bond motifs is 1. The van der Waals surface area contributed by atoms with Crippen molar-refractivity contribution in [3.8, 4) is 11.5 Å². The first kappa shape index (κ1) is 13.4. The van der Waals surface area contributed by atoms with Crippen molar-refractivity contribution in [3.63, 3.8) is 0 Å². The zero-order chi connectivity index (χ0) is 14.7. The fraction of sp³-hybridized carbons (Fsp3) is 0.250. The molecule has 0 radical (unpaired) electrons. The summed E-state index contributed by atoms with van der Waals surface area (Å²) in [5, 5.41) is 0. The molecule has 0 atom stereocenters. The number of amides is 1. The number of hydrogen-bond acceptors (Lipinski definition) is 4. The van der Waals surface area contributed by atoms with Gasteiger partial charge in [-0.05, 0) is 30.3 Å². The summed E-state index contributed by atoms with van der Waals surface area (Å²) < 4.78 is 11.0. The predicted octanol–water partition coefficient (Wildman–Crippen LogP) is 2.12. The van der Waals surface area contributed by atoms with E-state index < -0.39 is 0 Å². The Morgan fingerprint density at radius 3 is 2.76 bits per heavy atom. The van der Waals surface area contributed by atoms with Gasteiger partial charge in [-0.15, -0.1) is 0 Å². The third-order valence-electron chi connectivity index (χ3n) is 3.26. The normalized spacial score (nSPS) is 12.8. The van der Waals surface area contributed by atoms with Gasteiger partial charge in [0, 0.05) is 18.8 Å². The van der Waals surface area contributed by atoms with Crippen LogP contribution in [0.15, 0.2) is 42.6 Å². The molecule has 2 aromatic rings. The minimum Gasteiger partial charge on any atom is -0.486 e. The molecular weight excluding hydrogens is 268 g/mol. The lowest BCUT2D eigenvalue weighted by molar-refractivity contribution is 0.0782. The molecule has 1 aromatic heterocycles. The van der Waals surface area contributed by atoms with Crippen molar-refractivity contribution in [2.45, 2.75) is 6.54 Å². The molecule has 0 fully saturated rings. The number of ether oxygens (including phenoxy) is 2. The van der Waals surface area contributed by atoms with Crippen molar-refractivity contribution in [1.29, 1.82) is 0 Å². The van der Waals surface area contributed by atoms with Crippen LogP contribution in [0, 0.1) is 0 Å². The molecule has 1 amide bonds. The Kier molecular flexibility index (Phi) is 3.73. The van der Waals surface area contributed by atoms with Crippen molar-refractivity contribution < 1.29 is 14.3 Å². The van der Waals surface area contributed by atoms with E-state index in [9.17, 15) is 4.79 Å². The molecule has 0 aliphatic carbocycles. The summed E-state index contributed by atoms with van der Waals surface area (Å²) >= 11 is 0. The van der Waals surface area contributed by atoms with Gasteiger partial charge in [-0.1, -0.05) is 6.07 Å². The van der Waals surface area contributed by atoms with Crippen LogP contribution in [-0.4, -0.2) is 36.1 Å². The molecule has 5 nitrogen and oxygen atoms in total. The zero-order valence-electron chi connectivity index (χ0n) is 11.8. The van der Waals surface area contributed by atoms with E-state index in [-0.39, 0.29) is 5.91 Å². The Labute approximate surface area is 123 Å². The highest BCUT2D eigenvalue weighted by Gasteiger charge is 2.17. The quantitative estimate of drug-likeness (QED) is 0.866. The van der Waals surface area contributed by atoms with Crippen LogP contribution in [0.3, 0.4) is 0 Å². The summed E-state index contributed by atoms with van der Waals surface area (Å²) in [7, 11) is 1.76. The number of benzene rings is 1. The predicted molar refractivity (Wildman–Crippen MR) is 77.5 cm³/mol. The van der Waals surface area contributed by atoms with Crippen molar-refractivity contribution in [2.75, 3.05) is 20.3 Å². The van der Waals surface area contributed by atoms with Gasteiger partial charge in [-0.3, -0.25) is 9.78 Å². The Bertz CT molecular complexity index is 643. The van der Waals surface area contributed by atoms with Crippen LogP contribution >= 0.6 is 0 Å². The van der Waals surface area contributed by atoms with E-state index in [2.05, 4.69) is 4.98 Å². The first-order valence-corrected chi connectivity index (χ1v) is 6.79. The van der Waals surface area contributed by atoms with E-state index in [1.165, 1.54) is 0 Å². The van der Waals surface area contributed by atoms with Crippen molar-refractivity contribution in [3.05, 3.63) is 53.9 Å². The molecule has 0 spiro atoms. The fourth-order valence-electron chi connectivity index (χ4n) is 2.20. The largest absolute Gasteiger partial charge is 0.486 e. The van der Waals surface area contributed by atoms with Crippen LogP contribution in [-0.2, 0) is 6.54 Å². The van der Waals surface area contributed by atoms with Crippen LogP contribution in [0.2, 0.25) is 0 Å². The van der Waals surface area contributed by atoms with Gasteiger partial charge in [0.05, 0.1) is 12.2 Å². The molecule has 1 aliphatic heterocycles.